The van der Waals surface area contributed by atoms with Crippen molar-refractivity contribution in [2.24, 2.45) is 0 Å². The summed E-state index contributed by atoms with van der Waals surface area (Å²) in [6, 6.07) is 0. The van der Waals surface area contributed by atoms with Crippen LogP contribution in [0.3, 0.4) is 0 Å². The standard InChI is InChI=1S/C8H19N3/c1-8(10(2)3)11-6-4-9-5-7-11/h8-9H,4-7H2,1-3H3. The summed E-state index contributed by atoms with van der Waals surface area (Å²) in [5, 5.41) is 3.35. The number of rotatable bonds is 2. The second-order valence-electron chi connectivity index (χ2n) is 3.38. The average molecular weight is 157 g/mol. The summed E-state index contributed by atoms with van der Waals surface area (Å²) in [6.45, 7) is 6.89. The van der Waals surface area contributed by atoms with Gasteiger partial charge in [-0.05, 0) is 21.0 Å². The molecule has 0 spiro atoms. The molecule has 0 aromatic rings. The van der Waals surface area contributed by atoms with Crippen molar-refractivity contribution in [2.45, 2.75) is 13.1 Å². The zero-order valence-electron chi connectivity index (χ0n) is 7.80. The molecule has 3 heteroatoms. The minimum atomic E-state index is 0.581. The van der Waals surface area contributed by atoms with Gasteiger partial charge in [-0.1, -0.05) is 0 Å². The first-order chi connectivity index (χ1) is 5.22. The molecule has 1 rings (SSSR count). The Labute approximate surface area is 69.4 Å². The quantitative estimate of drug-likeness (QED) is 0.599. The maximum atomic E-state index is 3.35. The van der Waals surface area contributed by atoms with Gasteiger partial charge in [0.25, 0.3) is 0 Å². The lowest BCUT2D eigenvalue weighted by Crippen LogP contribution is -2.51. The first-order valence-electron chi connectivity index (χ1n) is 4.33. The first-order valence-corrected chi connectivity index (χ1v) is 4.33. The molecule has 1 heterocycles. The fraction of sp³-hybridized carbons (Fsp3) is 1.00. The van der Waals surface area contributed by atoms with E-state index in [1.165, 1.54) is 13.1 Å². The number of piperazine rings is 1. The topological polar surface area (TPSA) is 18.5 Å². The highest BCUT2D eigenvalue weighted by atomic mass is 15.3. The number of nitrogens with zero attached hydrogens (tertiary/aromatic N) is 2. The molecule has 1 fully saturated rings. The van der Waals surface area contributed by atoms with Crippen LogP contribution in [0.2, 0.25) is 0 Å². The minimum Gasteiger partial charge on any atom is -0.314 e. The lowest BCUT2D eigenvalue weighted by atomic mass is 10.3. The van der Waals surface area contributed by atoms with Crippen LogP contribution in [-0.4, -0.2) is 56.2 Å². The molecule has 0 radical (unpaired) electrons. The molecule has 0 saturated carbocycles. The fourth-order valence-corrected chi connectivity index (χ4v) is 1.38. The lowest BCUT2D eigenvalue weighted by molar-refractivity contribution is 0.0817. The van der Waals surface area contributed by atoms with E-state index in [9.17, 15) is 0 Å². The Bertz CT molecular complexity index is 108. The Kier molecular flexibility index (Phi) is 3.30. The average Bonchev–Trinajstić information content (AvgIpc) is 2.05. The van der Waals surface area contributed by atoms with Crippen molar-refractivity contribution in [3.05, 3.63) is 0 Å². The van der Waals surface area contributed by atoms with E-state index in [-0.39, 0.29) is 0 Å². The number of nitrogens with one attached hydrogen (secondary N) is 1. The Balaban J connectivity index is 2.32. The van der Waals surface area contributed by atoms with Crippen LogP contribution in [0, 0.1) is 0 Å². The van der Waals surface area contributed by atoms with Crippen molar-refractivity contribution < 1.29 is 0 Å². The predicted octanol–water partition coefficient (Wildman–Crippen LogP) is -0.201. The third-order valence-electron chi connectivity index (χ3n) is 2.43. The molecule has 66 valence electrons. The van der Waals surface area contributed by atoms with Crippen molar-refractivity contribution in [1.82, 2.24) is 15.1 Å². The first kappa shape index (κ1) is 8.97. The molecule has 0 aromatic heterocycles. The molecule has 0 aliphatic carbocycles. The lowest BCUT2D eigenvalue weighted by Gasteiger charge is -2.36. The summed E-state index contributed by atoms with van der Waals surface area (Å²) in [4.78, 5) is 4.75. The molecule has 1 aliphatic heterocycles. The van der Waals surface area contributed by atoms with Gasteiger partial charge in [-0.3, -0.25) is 9.80 Å². The van der Waals surface area contributed by atoms with Crippen molar-refractivity contribution in [2.75, 3.05) is 40.3 Å². The van der Waals surface area contributed by atoms with Crippen molar-refractivity contribution in [3.63, 3.8) is 0 Å². The third-order valence-corrected chi connectivity index (χ3v) is 2.43. The van der Waals surface area contributed by atoms with Gasteiger partial charge in [-0.2, -0.15) is 0 Å². The maximum absolute atomic E-state index is 3.35. The Morgan fingerprint density at radius 2 is 1.82 bits per heavy atom. The van der Waals surface area contributed by atoms with Crippen molar-refractivity contribution in [1.29, 1.82) is 0 Å². The van der Waals surface area contributed by atoms with Gasteiger partial charge in [-0.25, -0.2) is 0 Å². The largest absolute Gasteiger partial charge is 0.314 e. The van der Waals surface area contributed by atoms with E-state index in [1.807, 2.05) is 0 Å². The van der Waals surface area contributed by atoms with E-state index in [0.717, 1.165) is 13.1 Å². The highest BCUT2D eigenvalue weighted by molar-refractivity contribution is 4.71. The smallest absolute Gasteiger partial charge is 0.0589 e. The van der Waals surface area contributed by atoms with Crippen LogP contribution in [0.1, 0.15) is 6.92 Å². The summed E-state index contributed by atoms with van der Waals surface area (Å²) in [5.74, 6) is 0. The zero-order chi connectivity index (χ0) is 8.27. The zero-order valence-corrected chi connectivity index (χ0v) is 7.80. The molecule has 0 bridgehead atoms. The predicted molar refractivity (Wildman–Crippen MR) is 47.6 cm³/mol. The fourth-order valence-electron chi connectivity index (χ4n) is 1.38. The molecule has 3 nitrogen and oxygen atoms in total. The second-order valence-corrected chi connectivity index (χ2v) is 3.38. The van der Waals surface area contributed by atoms with Gasteiger partial charge >= 0.3 is 0 Å². The van der Waals surface area contributed by atoms with Crippen LogP contribution in [0.5, 0.6) is 0 Å². The second kappa shape index (κ2) is 4.04. The van der Waals surface area contributed by atoms with Crippen LogP contribution in [0.25, 0.3) is 0 Å². The van der Waals surface area contributed by atoms with Crippen LogP contribution in [0.4, 0.5) is 0 Å². The Hall–Kier alpha value is -0.120. The Morgan fingerprint density at radius 3 is 2.27 bits per heavy atom. The van der Waals surface area contributed by atoms with Crippen LogP contribution >= 0.6 is 0 Å². The molecular weight excluding hydrogens is 138 g/mol. The molecule has 11 heavy (non-hydrogen) atoms. The SMILES string of the molecule is CC(N(C)C)N1CCNCC1. The van der Waals surface area contributed by atoms with E-state index in [1.54, 1.807) is 0 Å². The van der Waals surface area contributed by atoms with Gasteiger partial charge in [0.15, 0.2) is 0 Å². The monoisotopic (exact) mass is 157 g/mol. The van der Waals surface area contributed by atoms with Gasteiger partial charge in [0.1, 0.15) is 0 Å². The minimum absolute atomic E-state index is 0.581. The van der Waals surface area contributed by atoms with Gasteiger partial charge in [-0.15, -0.1) is 0 Å². The molecule has 1 N–H and O–H groups in total. The van der Waals surface area contributed by atoms with Gasteiger partial charge in [0, 0.05) is 26.2 Å². The maximum Gasteiger partial charge on any atom is 0.0589 e. The van der Waals surface area contributed by atoms with E-state index in [2.05, 4.69) is 36.1 Å². The third kappa shape index (κ3) is 2.43. The molecular formula is C8H19N3. The van der Waals surface area contributed by atoms with E-state index < -0.39 is 0 Å². The summed E-state index contributed by atoms with van der Waals surface area (Å²) in [6.07, 6.45) is 0.581. The highest BCUT2D eigenvalue weighted by Crippen LogP contribution is 2.02. The molecule has 1 atom stereocenters. The highest BCUT2D eigenvalue weighted by Gasteiger charge is 2.16. The summed E-state index contributed by atoms with van der Waals surface area (Å²) >= 11 is 0. The van der Waals surface area contributed by atoms with Gasteiger partial charge in [0.05, 0.1) is 6.17 Å². The van der Waals surface area contributed by atoms with Crippen LogP contribution < -0.4 is 5.32 Å². The van der Waals surface area contributed by atoms with Crippen LogP contribution in [0.15, 0.2) is 0 Å². The van der Waals surface area contributed by atoms with E-state index in [4.69, 9.17) is 0 Å². The number of hydrogen-bond acceptors (Lipinski definition) is 3. The molecule has 1 saturated heterocycles. The van der Waals surface area contributed by atoms with E-state index >= 15 is 0 Å². The summed E-state index contributed by atoms with van der Waals surface area (Å²) < 4.78 is 0. The van der Waals surface area contributed by atoms with Crippen molar-refractivity contribution in [3.8, 4) is 0 Å². The molecule has 0 amide bonds. The number of hydrogen-bond donors (Lipinski definition) is 1. The van der Waals surface area contributed by atoms with Gasteiger partial charge < -0.3 is 5.32 Å². The summed E-state index contributed by atoms with van der Waals surface area (Å²) in [7, 11) is 4.26. The summed E-state index contributed by atoms with van der Waals surface area (Å²) in [5.41, 5.74) is 0. The molecule has 0 aromatic carbocycles. The Morgan fingerprint density at radius 1 is 1.27 bits per heavy atom. The van der Waals surface area contributed by atoms with Gasteiger partial charge in [0.2, 0.25) is 0 Å². The van der Waals surface area contributed by atoms with E-state index in [0.29, 0.717) is 6.17 Å². The molecule has 1 unspecified atom stereocenters. The molecule has 1 aliphatic rings. The normalized spacial score (nSPS) is 24.0. The van der Waals surface area contributed by atoms with Crippen LogP contribution in [-0.2, 0) is 0 Å². The van der Waals surface area contributed by atoms with Crippen molar-refractivity contribution >= 4 is 0 Å².